The van der Waals surface area contributed by atoms with E-state index in [9.17, 15) is 25.5 Å². The Morgan fingerprint density at radius 3 is 2.19 bits per heavy atom. The number of fused-ring (bicyclic) bond motifs is 5. The number of aliphatic hydroxyl groups excluding tert-OH is 5. The van der Waals surface area contributed by atoms with Gasteiger partial charge in [0, 0.05) is 0 Å². The fourth-order valence-electron chi connectivity index (χ4n) is 10.6. The lowest BCUT2D eigenvalue weighted by atomic mass is 9.35. The molecule has 7 nitrogen and oxygen atoms in total. The first-order valence-electron chi connectivity index (χ1n) is 14.5. The molecule has 1 heterocycles. The molecule has 1 unspecified atom stereocenters. The number of aliphatic hydroxyl groups is 5. The molecule has 212 valence electrons. The van der Waals surface area contributed by atoms with Crippen LogP contribution < -0.4 is 0 Å². The largest absolute Gasteiger partial charge is 0.394 e. The van der Waals surface area contributed by atoms with Crippen LogP contribution in [0.2, 0.25) is 0 Å². The quantitative estimate of drug-likeness (QED) is 0.284. The van der Waals surface area contributed by atoms with Crippen molar-refractivity contribution in [1.29, 1.82) is 0 Å². The molecule has 0 aromatic heterocycles. The van der Waals surface area contributed by atoms with Crippen LogP contribution in [0.15, 0.2) is 12.7 Å². The van der Waals surface area contributed by atoms with Gasteiger partial charge in [-0.3, -0.25) is 0 Å². The molecule has 5 rings (SSSR count). The maximum Gasteiger partial charge on any atom is 0.186 e. The van der Waals surface area contributed by atoms with E-state index in [1.54, 1.807) is 0 Å². The number of hydrogen-bond acceptors (Lipinski definition) is 7. The summed E-state index contributed by atoms with van der Waals surface area (Å²) >= 11 is 0. The molecule has 5 N–H and O–H groups in total. The maximum atomic E-state index is 11.5. The predicted octanol–water partition coefficient (Wildman–Crippen LogP) is 3.01. The smallest absolute Gasteiger partial charge is 0.186 e. The lowest BCUT2D eigenvalue weighted by Crippen LogP contribution is -2.67. The highest BCUT2D eigenvalue weighted by Gasteiger charge is 2.70. The zero-order chi connectivity index (χ0) is 27.1. The van der Waals surface area contributed by atoms with Crippen molar-refractivity contribution in [3.8, 4) is 0 Å². The summed E-state index contributed by atoms with van der Waals surface area (Å²) in [5, 5.41) is 52.2. The van der Waals surface area contributed by atoms with E-state index in [4.69, 9.17) is 9.47 Å². The van der Waals surface area contributed by atoms with Gasteiger partial charge in [-0.1, -0.05) is 40.7 Å². The lowest BCUT2D eigenvalue weighted by molar-refractivity contribution is -0.331. The van der Waals surface area contributed by atoms with Gasteiger partial charge in [0.05, 0.1) is 18.8 Å². The van der Waals surface area contributed by atoms with E-state index >= 15 is 0 Å². The number of rotatable bonds is 4. The SMILES string of the molecule is C=C[C@H]1CCC2(C)[C@@H]1[C@H](O)C[C@@H]1[C@@]3(C)CC[C@H](O[C@@H]4O[C@H](CO)[C@@H](O)[C@H](O)[C@H]4O)C(C)(C)[C@@H]3CC[C@]12C. The molecule has 0 bridgehead atoms. The van der Waals surface area contributed by atoms with Gasteiger partial charge >= 0.3 is 0 Å². The van der Waals surface area contributed by atoms with Gasteiger partial charge < -0.3 is 35.0 Å². The van der Waals surface area contributed by atoms with E-state index in [0.29, 0.717) is 17.8 Å². The van der Waals surface area contributed by atoms with Crippen molar-refractivity contribution in [2.75, 3.05) is 6.61 Å². The van der Waals surface area contributed by atoms with Gasteiger partial charge in [-0.05, 0) is 90.3 Å². The van der Waals surface area contributed by atoms with Crippen molar-refractivity contribution in [2.45, 2.75) is 122 Å². The van der Waals surface area contributed by atoms with Crippen molar-refractivity contribution < 1.29 is 35.0 Å². The molecule has 5 fully saturated rings. The highest BCUT2D eigenvalue weighted by atomic mass is 16.7. The van der Waals surface area contributed by atoms with Crippen LogP contribution in [-0.4, -0.2) is 75.1 Å². The zero-order valence-corrected chi connectivity index (χ0v) is 23.3. The first-order valence-corrected chi connectivity index (χ1v) is 14.5. The fraction of sp³-hybridized carbons (Fsp3) is 0.933. The van der Waals surface area contributed by atoms with Crippen LogP contribution in [0.4, 0.5) is 0 Å². The van der Waals surface area contributed by atoms with E-state index in [-0.39, 0.29) is 39.8 Å². The molecule has 0 spiro atoms. The Kier molecular flexibility index (Phi) is 7.00. The first kappa shape index (κ1) is 28.0. The third-order valence-electron chi connectivity index (χ3n) is 12.8. The Balaban J connectivity index is 1.40. The van der Waals surface area contributed by atoms with Gasteiger partial charge in [0.2, 0.25) is 0 Å². The van der Waals surface area contributed by atoms with E-state index < -0.39 is 37.3 Å². The Hall–Kier alpha value is -0.540. The van der Waals surface area contributed by atoms with Crippen molar-refractivity contribution in [3.63, 3.8) is 0 Å². The second kappa shape index (κ2) is 9.25. The Labute approximate surface area is 222 Å². The summed E-state index contributed by atoms with van der Waals surface area (Å²) < 4.78 is 12.1. The summed E-state index contributed by atoms with van der Waals surface area (Å²) in [6.07, 6.45) is 2.32. The molecular formula is C30H50O7. The van der Waals surface area contributed by atoms with Gasteiger partial charge in [-0.25, -0.2) is 0 Å². The summed E-state index contributed by atoms with van der Waals surface area (Å²) in [5.74, 6) is 1.45. The number of allylic oxidation sites excluding steroid dienone is 1. The van der Waals surface area contributed by atoms with Crippen molar-refractivity contribution in [2.24, 2.45) is 45.3 Å². The molecule has 1 aliphatic heterocycles. The maximum absolute atomic E-state index is 11.5. The summed E-state index contributed by atoms with van der Waals surface area (Å²) in [7, 11) is 0. The molecule has 0 aromatic carbocycles. The van der Waals surface area contributed by atoms with Crippen LogP contribution in [0.25, 0.3) is 0 Å². The van der Waals surface area contributed by atoms with Gasteiger partial charge in [0.25, 0.3) is 0 Å². The van der Waals surface area contributed by atoms with Gasteiger partial charge in [0.1, 0.15) is 24.4 Å². The first-order chi connectivity index (χ1) is 17.3. The fourth-order valence-corrected chi connectivity index (χ4v) is 10.6. The average molecular weight is 523 g/mol. The van der Waals surface area contributed by atoms with Crippen LogP contribution in [0.1, 0.15) is 79.6 Å². The van der Waals surface area contributed by atoms with Crippen molar-refractivity contribution in [1.82, 2.24) is 0 Å². The summed E-state index contributed by atoms with van der Waals surface area (Å²) in [4.78, 5) is 0. The normalized spacial score (nSPS) is 57.2. The van der Waals surface area contributed by atoms with E-state index in [1.165, 1.54) is 0 Å². The Morgan fingerprint density at radius 2 is 1.54 bits per heavy atom. The second-order valence-electron chi connectivity index (χ2n) is 14.4. The molecule has 0 amide bonds. The molecule has 37 heavy (non-hydrogen) atoms. The van der Waals surface area contributed by atoms with Crippen LogP contribution in [-0.2, 0) is 9.47 Å². The van der Waals surface area contributed by atoms with Crippen LogP contribution in [0.5, 0.6) is 0 Å². The third-order valence-corrected chi connectivity index (χ3v) is 12.8. The topological polar surface area (TPSA) is 120 Å². The summed E-state index contributed by atoms with van der Waals surface area (Å²) in [6.45, 7) is 15.5. The van der Waals surface area contributed by atoms with Gasteiger partial charge in [-0.15, -0.1) is 6.58 Å². The van der Waals surface area contributed by atoms with Crippen molar-refractivity contribution in [3.05, 3.63) is 12.7 Å². The molecule has 0 aromatic rings. The molecule has 7 heteroatoms. The second-order valence-corrected chi connectivity index (χ2v) is 14.4. The Bertz CT molecular complexity index is 876. The molecule has 4 saturated carbocycles. The van der Waals surface area contributed by atoms with Gasteiger partial charge in [0.15, 0.2) is 6.29 Å². The highest BCUT2D eigenvalue weighted by Crippen LogP contribution is 2.75. The van der Waals surface area contributed by atoms with Crippen LogP contribution in [0.3, 0.4) is 0 Å². The van der Waals surface area contributed by atoms with Gasteiger partial charge in [-0.2, -0.15) is 0 Å². The minimum absolute atomic E-state index is 0.0486. The predicted molar refractivity (Wildman–Crippen MR) is 139 cm³/mol. The standard InChI is InChI=1S/C30H50O7/c1-7-16-8-12-30(6)22(16)17(32)14-20-28(4)11-10-21(27(2,3)19(28)9-13-29(20,30)5)37-26-25(35)24(34)23(33)18(15-31)36-26/h7,16-26,31-35H,1,8-15H2,2-6H3/t16-,17+,18+,19-,20+,21-,22-,23+,24-,25+,26-,28-,29+,30?/m0/s1. The minimum Gasteiger partial charge on any atom is -0.394 e. The molecule has 0 radical (unpaired) electrons. The van der Waals surface area contributed by atoms with E-state index in [2.05, 4.69) is 47.3 Å². The number of ether oxygens (including phenoxy) is 2. The van der Waals surface area contributed by atoms with E-state index in [0.717, 1.165) is 44.9 Å². The third kappa shape index (κ3) is 3.78. The lowest BCUT2D eigenvalue weighted by Gasteiger charge is -2.70. The molecule has 14 atom stereocenters. The molecular weight excluding hydrogens is 472 g/mol. The zero-order valence-electron chi connectivity index (χ0n) is 23.3. The summed E-state index contributed by atoms with van der Waals surface area (Å²) in [5.41, 5.74) is 0.0685. The van der Waals surface area contributed by atoms with E-state index in [1.807, 2.05) is 0 Å². The molecule has 1 saturated heterocycles. The van der Waals surface area contributed by atoms with Crippen LogP contribution in [0, 0.1) is 45.3 Å². The van der Waals surface area contributed by atoms with Crippen LogP contribution >= 0.6 is 0 Å². The summed E-state index contributed by atoms with van der Waals surface area (Å²) in [6, 6.07) is 0. The average Bonchev–Trinajstić information content (AvgIpc) is 3.21. The Morgan fingerprint density at radius 1 is 0.865 bits per heavy atom. The monoisotopic (exact) mass is 522 g/mol. The number of hydrogen-bond donors (Lipinski definition) is 5. The molecule has 4 aliphatic carbocycles. The molecule has 5 aliphatic rings. The highest BCUT2D eigenvalue weighted by molar-refractivity contribution is 5.20. The minimum atomic E-state index is -1.44. The van der Waals surface area contributed by atoms with Crippen molar-refractivity contribution >= 4 is 0 Å².